The van der Waals surface area contributed by atoms with Crippen LogP contribution in [0.25, 0.3) is 0 Å². The van der Waals surface area contributed by atoms with Gasteiger partial charge in [-0.2, -0.15) is 0 Å². The van der Waals surface area contributed by atoms with Crippen LogP contribution in [0.5, 0.6) is 5.75 Å². The maximum Gasteiger partial charge on any atom is 0.271 e. The molecule has 2 aromatic carbocycles. The zero-order chi connectivity index (χ0) is 17.7. The van der Waals surface area contributed by atoms with Crippen LogP contribution < -0.4 is 15.4 Å². The summed E-state index contributed by atoms with van der Waals surface area (Å²) in [5, 5.41) is 16.1. The fourth-order valence-electron chi connectivity index (χ4n) is 1.79. The number of anilines is 1. The highest BCUT2D eigenvalue weighted by Crippen LogP contribution is 2.26. The van der Waals surface area contributed by atoms with Crippen LogP contribution in [-0.2, 0) is 0 Å². The molecule has 9 heteroatoms. The second kappa shape index (κ2) is 7.71. The van der Waals surface area contributed by atoms with Gasteiger partial charge in [0.25, 0.3) is 11.6 Å². The molecule has 0 spiro atoms. The summed E-state index contributed by atoms with van der Waals surface area (Å²) in [6.07, 6.45) is 0. The number of carbonyl (C=O) groups is 1. The summed E-state index contributed by atoms with van der Waals surface area (Å²) in [6.45, 7) is 0. The Hall–Kier alpha value is -2.71. The molecule has 7 nitrogen and oxygen atoms in total. The summed E-state index contributed by atoms with van der Waals surface area (Å²) in [5.41, 5.74) is 0.460. The number of nitro benzene ring substituents is 1. The fraction of sp³-hybridized carbons (Fsp3) is 0.0667. The normalized spacial score (nSPS) is 9.92. The summed E-state index contributed by atoms with van der Waals surface area (Å²) in [4.78, 5) is 22.3. The van der Waals surface area contributed by atoms with Gasteiger partial charge in [-0.05, 0) is 42.5 Å². The number of methoxy groups -OCH3 is 1. The van der Waals surface area contributed by atoms with Gasteiger partial charge in [-0.1, -0.05) is 11.6 Å². The van der Waals surface area contributed by atoms with Gasteiger partial charge in [0.05, 0.1) is 22.7 Å². The highest BCUT2D eigenvalue weighted by molar-refractivity contribution is 7.80. The summed E-state index contributed by atoms with van der Waals surface area (Å²) >= 11 is 11.0. The molecule has 2 rings (SSSR count). The highest BCUT2D eigenvalue weighted by Gasteiger charge is 2.13. The zero-order valence-corrected chi connectivity index (χ0v) is 14.0. The Morgan fingerprint density at radius 2 is 1.92 bits per heavy atom. The largest absolute Gasteiger partial charge is 0.497 e. The first kappa shape index (κ1) is 17.6. The Balaban J connectivity index is 2.06. The lowest BCUT2D eigenvalue weighted by molar-refractivity contribution is -0.384. The average Bonchev–Trinajstić information content (AvgIpc) is 2.56. The molecule has 0 saturated carbocycles. The number of nitrogens with one attached hydrogen (secondary N) is 2. The number of rotatable bonds is 4. The molecule has 2 aromatic rings. The monoisotopic (exact) mass is 365 g/mol. The second-order valence-corrected chi connectivity index (χ2v) is 5.37. The third kappa shape index (κ3) is 4.40. The van der Waals surface area contributed by atoms with Crippen LogP contribution >= 0.6 is 23.8 Å². The van der Waals surface area contributed by atoms with E-state index in [1.54, 1.807) is 24.3 Å². The Labute approximate surface area is 147 Å². The van der Waals surface area contributed by atoms with E-state index in [4.69, 9.17) is 28.6 Å². The van der Waals surface area contributed by atoms with Gasteiger partial charge in [-0.15, -0.1) is 0 Å². The molecule has 0 aliphatic carbocycles. The van der Waals surface area contributed by atoms with Gasteiger partial charge in [0.2, 0.25) is 0 Å². The molecule has 0 fully saturated rings. The summed E-state index contributed by atoms with van der Waals surface area (Å²) in [5.74, 6) is 0.187. The van der Waals surface area contributed by atoms with E-state index < -0.39 is 10.8 Å². The number of nitro groups is 1. The van der Waals surface area contributed by atoms with Crippen LogP contribution in [0.3, 0.4) is 0 Å². The summed E-state index contributed by atoms with van der Waals surface area (Å²) in [6, 6.07) is 10.3. The fourth-order valence-corrected chi connectivity index (χ4v) is 2.16. The van der Waals surface area contributed by atoms with Crippen molar-refractivity contribution in [3.05, 3.63) is 63.2 Å². The number of hydrogen-bond donors (Lipinski definition) is 2. The Morgan fingerprint density at radius 3 is 2.50 bits per heavy atom. The lowest BCUT2D eigenvalue weighted by Crippen LogP contribution is -2.34. The highest BCUT2D eigenvalue weighted by atomic mass is 35.5. The SMILES string of the molecule is COc1ccc(C(=O)NC(=S)Nc2cc([N+](=O)[O-])ccc2Cl)cc1. The van der Waals surface area contributed by atoms with Crippen molar-refractivity contribution >= 4 is 46.2 Å². The van der Waals surface area contributed by atoms with Crippen molar-refractivity contribution < 1.29 is 14.5 Å². The van der Waals surface area contributed by atoms with Crippen molar-refractivity contribution in [1.82, 2.24) is 5.32 Å². The number of amides is 1. The van der Waals surface area contributed by atoms with E-state index in [2.05, 4.69) is 10.6 Å². The molecule has 1 amide bonds. The van der Waals surface area contributed by atoms with E-state index in [0.717, 1.165) is 0 Å². The van der Waals surface area contributed by atoms with Crippen LogP contribution in [0.4, 0.5) is 11.4 Å². The third-order valence-corrected chi connectivity index (χ3v) is 3.52. The predicted molar refractivity (Wildman–Crippen MR) is 94.8 cm³/mol. The smallest absolute Gasteiger partial charge is 0.271 e. The van der Waals surface area contributed by atoms with Crippen LogP contribution in [0.1, 0.15) is 10.4 Å². The molecule has 0 aliphatic rings. The molecular formula is C15H12ClN3O4S. The van der Waals surface area contributed by atoms with Crippen LogP contribution in [0.2, 0.25) is 5.02 Å². The molecule has 2 N–H and O–H groups in total. The number of hydrogen-bond acceptors (Lipinski definition) is 5. The first-order valence-electron chi connectivity index (χ1n) is 6.61. The van der Waals surface area contributed by atoms with Crippen molar-refractivity contribution in [1.29, 1.82) is 0 Å². The Kier molecular flexibility index (Phi) is 5.67. The number of benzene rings is 2. The lowest BCUT2D eigenvalue weighted by atomic mass is 10.2. The van der Waals surface area contributed by atoms with Gasteiger partial charge in [0, 0.05) is 17.7 Å². The van der Waals surface area contributed by atoms with Crippen molar-refractivity contribution in [2.75, 3.05) is 12.4 Å². The molecule has 0 saturated heterocycles. The molecule has 124 valence electrons. The van der Waals surface area contributed by atoms with Crippen molar-refractivity contribution in [3.8, 4) is 5.75 Å². The Morgan fingerprint density at radius 1 is 1.25 bits per heavy atom. The van der Waals surface area contributed by atoms with Gasteiger partial charge < -0.3 is 10.1 Å². The van der Waals surface area contributed by atoms with E-state index in [1.165, 1.54) is 25.3 Å². The van der Waals surface area contributed by atoms with E-state index in [-0.39, 0.29) is 21.5 Å². The molecule has 0 heterocycles. The predicted octanol–water partition coefficient (Wildman–Crippen LogP) is 3.38. The third-order valence-electron chi connectivity index (χ3n) is 2.99. The van der Waals surface area contributed by atoms with Gasteiger partial charge >= 0.3 is 0 Å². The molecule has 0 unspecified atom stereocenters. The van der Waals surface area contributed by atoms with E-state index in [1.807, 2.05) is 0 Å². The number of ether oxygens (including phenoxy) is 1. The maximum absolute atomic E-state index is 12.1. The number of non-ortho nitro benzene ring substituents is 1. The van der Waals surface area contributed by atoms with Crippen molar-refractivity contribution in [2.24, 2.45) is 0 Å². The molecule has 0 atom stereocenters. The summed E-state index contributed by atoms with van der Waals surface area (Å²) < 4.78 is 5.01. The van der Waals surface area contributed by atoms with E-state index in [0.29, 0.717) is 11.3 Å². The van der Waals surface area contributed by atoms with E-state index in [9.17, 15) is 14.9 Å². The van der Waals surface area contributed by atoms with Gasteiger partial charge in [0.1, 0.15) is 5.75 Å². The quantitative estimate of drug-likeness (QED) is 0.490. The summed E-state index contributed by atoms with van der Waals surface area (Å²) in [7, 11) is 1.52. The van der Waals surface area contributed by atoms with Crippen LogP contribution in [-0.4, -0.2) is 23.1 Å². The lowest BCUT2D eigenvalue weighted by Gasteiger charge is -2.11. The molecule has 0 bridgehead atoms. The minimum absolute atomic E-state index is 0.0294. The van der Waals surface area contributed by atoms with Gasteiger partial charge in [0.15, 0.2) is 5.11 Å². The van der Waals surface area contributed by atoms with Gasteiger partial charge in [-0.25, -0.2) is 0 Å². The molecule has 0 aromatic heterocycles. The van der Waals surface area contributed by atoms with Crippen molar-refractivity contribution in [2.45, 2.75) is 0 Å². The first-order valence-corrected chi connectivity index (χ1v) is 7.39. The zero-order valence-electron chi connectivity index (χ0n) is 12.4. The number of thiocarbonyl (C=S) groups is 1. The van der Waals surface area contributed by atoms with Crippen LogP contribution in [0, 0.1) is 10.1 Å². The minimum Gasteiger partial charge on any atom is -0.497 e. The second-order valence-electron chi connectivity index (χ2n) is 4.56. The van der Waals surface area contributed by atoms with Crippen molar-refractivity contribution in [3.63, 3.8) is 0 Å². The number of carbonyl (C=O) groups excluding carboxylic acids is 1. The average molecular weight is 366 g/mol. The molecule has 0 aliphatic heterocycles. The standard InChI is InChI=1S/C15H12ClN3O4S/c1-23-11-5-2-9(3-6-11)14(20)18-15(24)17-13-8-10(19(21)22)4-7-12(13)16/h2-8H,1H3,(H2,17,18,20,24). The first-order chi connectivity index (χ1) is 11.4. The topological polar surface area (TPSA) is 93.5 Å². The Bertz CT molecular complexity index is 796. The minimum atomic E-state index is -0.555. The maximum atomic E-state index is 12.1. The van der Waals surface area contributed by atoms with Gasteiger partial charge in [-0.3, -0.25) is 20.2 Å². The molecule has 0 radical (unpaired) electrons. The number of nitrogens with zero attached hydrogens (tertiary/aromatic N) is 1. The molecular weight excluding hydrogens is 354 g/mol. The molecule has 24 heavy (non-hydrogen) atoms. The van der Waals surface area contributed by atoms with E-state index >= 15 is 0 Å². The number of halogens is 1. The van der Waals surface area contributed by atoms with Crippen LogP contribution in [0.15, 0.2) is 42.5 Å².